The Hall–Kier alpha value is -1.57. The standard InChI is InChI=1S/C14H17NO/c1-10(2)15-13(6-7-16)9-12-5-4-11(3)8-14(12)15/h4-5,7-10H,6H2,1-3H3. The van der Waals surface area contributed by atoms with Crippen molar-refractivity contribution in [3.8, 4) is 0 Å². The Balaban J connectivity index is 2.71. The van der Waals surface area contributed by atoms with Crippen LogP contribution in [0.15, 0.2) is 24.3 Å². The monoisotopic (exact) mass is 215 g/mol. The van der Waals surface area contributed by atoms with Gasteiger partial charge < -0.3 is 9.36 Å². The van der Waals surface area contributed by atoms with Crippen LogP contribution >= 0.6 is 0 Å². The van der Waals surface area contributed by atoms with E-state index in [0.717, 1.165) is 12.0 Å². The number of aromatic nitrogens is 1. The SMILES string of the molecule is Cc1ccc2cc(CC=O)n(C(C)C)c2c1. The summed E-state index contributed by atoms with van der Waals surface area (Å²) in [5.74, 6) is 0. The van der Waals surface area contributed by atoms with Gasteiger partial charge in [0.2, 0.25) is 0 Å². The van der Waals surface area contributed by atoms with E-state index in [4.69, 9.17) is 0 Å². The first kappa shape index (κ1) is 10.9. The zero-order valence-corrected chi connectivity index (χ0v) is 10.0. The summed E-state index contributed by atoms with van der Waals surface area (Å²) < 4.78 is 2.25. The average molecular weight is 215 g/mol. The van der Waals surface area contributed by atoms with Crippen LogP contribution in [0.25, 0.3) is 10.9 Å². The molecular weight excluding hydrogens is 198 g/mol. The van der Waals surface area contributed by atoms with Crippen LogP contribution in [0.2, 0.25) is 0 Å². The first-order valence-electron chi connectivity index (χ1n) is 5.67. The average Bonchev–Trinajstić information content (AvgIpc) is 2.55. The molecule has 0 saturated carbocycles. The number of benzene rings is 1. The van der Waals surface area contributed by atoms with E-state index < -0.39 is 0 Å². The molecule has 0 N–H and O–H groups in total. The third kappa shape index (κ3) is 1.75. The molecule has 16 heavy (non-hydrogen) atoms. The van der Waals surface area contributed by atoms with Gasteiger partial charge in [-0.3, -0.25) is 0 Å². The van der Waals surface area contributed by atoms with E-state index in [1.165, 1.54) is 16.5 Å². The number of hydrogen-bond donors (Lipinski definition) is 0. The molecule has 0 spiro atoms. The number of hydrogen-bond acceptors (Lipinski definition) is 1. The third-order valence-corrected chi connectivity index (χ3v) is 2.89. The number of fused-ring (bicyclic) bond motifs is 1. The zero-order chi connectivity index (χ0) is 11.7. The van der Waals surface area contributed by atoms with Crippen LogP contribution < -0.4 is 0 Å². The van der Waals surface area contributed by atoms with Crippen LogP contribution in [0.5, 0.6) is 0 Å². The lowest BCUT2D eigenvalue weighted by atomic mass is 10.2. The topological polar surface area (TPSA) is 22.0 Å². The number of nitrogens with zero attached hydrogens (tertiary/aromatic N) is 1. The number of carbonyl (C=O) groups is 1. The molecule has 2 rings (SSSR count). The van der Waals surface area contributed by atoms with Crippen molar-refractivity contribution in [2.45, 2.75) is 33.2 Å². The summed E-state index contributed by atoms with van der Waals surface area (Å²) in [5.41, 5.74) is 3.59. The molecule has 1 aromatic carbocycles. The summed E-state index contributed by atoms with van der Waals surface area (Å²) in [5, 5.41) is 1.22. The second-order valence-corrected chi connectivity index (χ2v) is 4.53. The van der Waals surface area contributed by atoms with Crippen LogP contribution in [0, 0.1) is 6.92 Å². The Kier molecular flexibility index (Phi) is 2.82. The lowest BCUT2D eigenvalue weighted by Crippen LogP contribution is -2.05. The van der Waals surface area contributed by atoms with Crippen molar-refractivity contribution in [1.29, 1.82) is 0 Å². The van der Waals surface area contributed by atoms with Gasteiger partial charge >= 0.3 is 0 Å². The van der Waals surface area contributed by atoms with E-state index in [-0.39, 0.29) is 0 Å². The Morgan fingerprint density at radius 2 is 2.06 bits per heavy atom. The molecule has 0 amide bonds. The molecule has 0 saturated heterocycles. The summed E-state index contributed by atoms with van der Waals surface area (Å²) in [7, 11) is 0. The molecule has 2 aromatic rings. The van der Waals surface area contributed by atoms with Gasteiger partial charge in [-0.25, -0.2) is 0 Å². The Labute approximate surface area is 95.9 Å². The van der Waals surface area contributed by atoms with Gasteiger partial charge in [0, 0.05) is 23.7 Å². The highest BCUT2D eigenvalue weighted by atomic mass is 16.1. The van der Waals surface area contributed by atoms with Crippen LogP contribution in [0.4, 0.5) is 0 Å². The fourth-order valence-electron chi connectivity index (χ4n) is 2.24. The highest BCUT2D eigenvalue weighted by Crippen LogP contribution is 2.25. The van der Waals surface area contributed by atoms with Crippen molar-refractivity contribution in [2.75, 3.05) is 0 Å². The minimum Gasteiger partial charge on any atom is -0.342 e. The van der Waals surface area contributed by atoms with Crippen molar-refractivity contribution < 1.29 is 4.79 Å². The summed E-state index contributed by atoms with van der Waals surface area (Å²) in [6.45, 7) is 6.39. The second-order valence-electron chi connectivity index (χ2n) is 4.53. The summed E-state index contributed by atoms with van der Waals surface area (Å²) in [6.07, 6.45) is 1.46. The van der Waals surface area contributed by atoms with E-state index >= 15 is 0 Å². The molecule has 1 heterocycles. The molecule has 0 fully saturated rings. The van der Waals surface area contributed by atoms with Gasteiger partial charge in [-0.2, -0.15) is 0 Å². The van der Waals surface area contributed by atoms with Gasteiger partial charge in [-0.15, -0.1) is 0 Å². The van der Waals surface area contributed by atoms with Crippen LogP contribution in [0.1, 0.15) is 31.1 Å². The van der Waals surface area contributed by atoms with Gasteiger partial charge in [0.15, 0.2) is 0 Å². The zero-order valence-electron chi connectivity index (χ0n) is 10.0. The quantitative estimate of drug-likeness (QED) is 0.720. The molecule has 0 aliphatic heterocycles. The van der Waals surface area contributed by atoms with Gasteiger partial charge in [-0.1, -0.05) is 12.1 Å². The van der Waals surface area contributed by atoms with Crippen molar-refractivity contribution in [1.82, 2.24) is 4.57 Å². The maximum absolute atomic E-state index is 10.7. The lowest BCUT2D eigenvalue weighted by molar-refractivity contribution is -0.107. The van der Waals surface area contributed by atoms with Crippen LogP contribution in [-0.4, -0.2) is 10.9 Å². The fourth-order valence-corrected chi connectivity index (χ4v) is 2.24. The predicted octanol–water partition coefficient (Wildman–Crippen LogP) is 3.27. The van der Waals surface area contributed by atoms with E-state index in [0.29, 0.717) is 12.5 Å². The molecule has 0 radical (unpaired) electrons. The molecule has 0 atom stereocenters. The molecule has 0 unspecified atom stereocenters. The molecule has 1 aromatic heterocycles. The van der Waals surface area contributed by atoms with E-state index in [1.54, 1.807) is 0 Å². The Bertz CT molecular complexity index is 523. The van der Waals surface area contributed by atoms with E-state index in [9.17, 15) is 4.79 Å². The van der Waals surface area contributed by atoms with E-state index in [2.05, 4.69) is 49.6 Å². The molecular formula is C14H17NO. The molecule has 0 aliphatic rings. The van der Waals surface area contributed by atoms with Crippen molar-refractivity contribution in [3.05, 3.63) is 35.5 Å². The van der Waals surface area contributed by atoms with Crippen molar-refractivity contribution in [2.24, 2.45) is 0 Å². The highest BCUT2D eigenvalue weighted by Gasteiger charge is 2.10. The van der Waals surface area contributed by atoms with E-state index in [1.807, 2.05) is 0 Å². The summed E-state index contributed by atoms with van der Waals surface area (Å²) >= 11 is 0. The first-order valence-corrected chi connectivity index (χ1v) is 5.67. The van der Waals surface area contributed by atoms with Gasteiger partial charge in [0.1, 0.15) is 6.29 Å². The molecule has 2 heteroatoms. The lowest BCUT2D eigenvalue weighted by Gasteiger charge is -2.13. The minimum absolute atomic E-state index is 0.384. The molecule has 0 aliphatic carbocycles. The minimum atomic E-state index is 0.384. The third-order valence-electron chi connectivity index (χ3n) is 2.89. The Morgan fingerprint density at radius 1 is 1.31 bits per heavy atom. The van der Waals surface area contributed by atoms with Crippen LogP contribution in [-0.2, 0) is 11.2 Å². The molecule has 84 valence electrons. The van der Waals surface area contributed by atoms with Gasteiger partial charge in [-0.05, 0) is 43.9 Å². The van der Waals surface area contributed by atoms with Gasteiger partial charge in [0.05, 0.1) is 0 Å². The number of carbonyl (C=O) groups excluding carboxylic acids is 1. The predicted molar refractivity (Wildman–Crippen MR) is 66.8 cm³/mol. The normalized spacial score (nSPS) is 11.2. The van der Waals surface area contributed by atoms with Gasteiger partial charge in [0.25, 0.3) is 0 Å². The molecule has 2 nitrogen and oxygen atoms in total. The first-order chi connectivity index (χ1) is 7.63. The van der Waals surface area contributed by atoms with Crippen molar-refractivity contribution >= 4 is 17.2 Å². The van der Waals surface area contributed by atoms with Crippen molar-refractivity contribution in [3.63, 3.8) is 0 Å². The number of aldehydes is 1. The summed E-state index contributed by atoms with van der Waals surface area (Å²) in [4.78, 5) is 10.7. The largest absolute Gasteiger partial charge is 0.342 e. The maximum Gasteiger partial charge on any atom is 0.125 e. The Morgan fingerprint density at radius 3 is 2.69 bits per heavy atom. The number of rotatable bonds is 3. The smallest absolute Gasteiger partial charge is 0.125 e. The summed E-state index contributed by atoms with van der Waals surface area (Å²) in [6, 6.07) is 8.91. The second kappa shape index (κ2) is 4.12. The highest BCUT2D eigenvalue weighted by molar-refractivity contribution is 5.83. The number of aryl methyl sites for hydroxylation is 1. The van der Waals surface area contributed by atoms with Crippen LogP contribution in [0.3, 0.4) is 0 Å². The maximum atomic E-state index is 10.7. The molecule has 0 bridgehead atoms. The fraction of sp³-hybridized carbons (Fsp3) is 0.357.